The van der Waals surface area contributed by atoms with E-state index >= 15 is 0 Å². The minimum atomic E-state index is -0.349. The molecule has 2 aromatic rings. The molecule has 1 heterocycles. The molecule has 1 aromatic heterocycles. The Morgan fingerprint density at radius 3 is 2.81 bits per heavy atom. The summed E-state index contributed by atoms with van der Waals surface area (Å²) >= 11 is 12.1. The minimum absolute atomic E-state index is 0.105. The fourth-order valence-corrected chi connectivity index (χ4v) is 2.17. The van der Waals surface area contributed by atoms with Crippen LogP contribution in [0.1, 0.15) is 5.56 Å². The molecule has 0 saturated carbocycles. The Bertz CT molecular complexity index is 674. The van der Waals surface area contributed by atoms with Crippen LogP contribution in [0.5, 0.6) is 0 Å². The summed E-state index contributed by atoms with van der Waals surface area (Å²) in [4.78, 5) is 12.0. The van der Waals surface area contributed by atoms with E-state index in [9.17, 15) is 4.79 Å². The van der Waals surface area contributed by atoms with Crippen LogP contribution in [0.2, 0.25) is 10.0 Å². The number of nitrogens with one attached hydrogen (secondary N) is 1. The number of benzene rings is 1. The SMILES string of the molecule is COCCn1ncc(NCc2ccccc2Cl)c(Cl)c1=O. The van der Waals surface area contributed by atoms with Crippen molar-refractivity contribution >= 4 is 28.9 Å². The third-order valence-corrected chi connectivity index (χ3v) is 3.65. The van der Waals surface area contributed by atoms with Crippen LogP contribution in [-0.2, 0) is 17.8 Å². The maximum atomic E-state index is 12.0. The summed E-state index contributed by atoms with van der Waals surface area (Å²) < 4.78 is 6.19. The van der Waals surface area contributed by atoms with Gasteiger partial charge in [0, 0.05) is 18.7 Å². The topological polar surface area (TPSA) is 56.1 Å². The van der Waals surface area contributed by atoms with E-state index in [1.807, 2.05) is 18.2 Å². The number of hydrogen-bond acceptors (Lipinski definition) is 4. The zero-order chi connectivity index (χ0) is 15.2. The number of halogens is 2. The second kappa shape index (κ2) is 7.45. The molecule has 21 heavy (non-hydrogen) atoms. The summed E-state index contributed by atoms with van der Waals surface area (Å²) in [7, 11) is 1.56. The average molecular weight is 328 g/mol. The second-order valence-corrected chi connectivity index (χ2v) is 5.12. The molecule has 0 radical (unpaired) electrons. The van der Waals surface area contributed by atoms with Gasteiger partial charge in [-0.15, -0.1) is 0 Å². The van der Waals surface area contributed by atoms with Crippen molar-refractivity contribution in [2.75, 3.05) is 19.0 Å². The number of anilines is 1. The Balaban J connectivity index is 2.13. The van der Waals surface area contributed by atoms with E-state index < -0.39 is 0 Å². The molecule has 0 amide bonds. The van der Waals surface area contributed by atoms with Gasteiger partial charge in [-0.3, -0.25) is 4.79 Å². The fraction of sp³-hybridized carbons (Fsp3) is 0.286. The monoisotopic (exact) mass is 327 g/mol. The molecule has 0 aliphatic rings. The van der Waals surface area contributed by atoms with Crippen LogP contribution >= 0.6 is 23.2 Å². The largest absolute Gasteiger partial charge is 0.383 e. The number of rotatable bonds is 6. The van der Waals surface area contributed by atoms with E-state index in [4.69, 9.17) is 27.9 Å². The number of nitrogens with zero attached hydrogens (tertiary/aromatic N) is 2. The predicted octanol–water partition coefficient (Wildman–Crippen LogP) is 2.81. The first-order valence-corrected chi connectivity index (χ1v) is 7.11. The van der Waals surface area contributed by atoms with Crippen LogP contribution in [0, 0.1) is 0 Å². The van der Waals surface area contributed by atoms with Crippen molar-refractivity contribution in [1.29, 1.82) is 0 Å². The van der Waals surface area contributed by atoms with Gasteiger partial charge < -0.3 is 10.1 Å². The Morgan fingerprint density at radius 2 is 2.10 bits per heavy atom. The van der Waals surface area contributed by atoms with Gasteiger partial charge in [-0.25, -0.2) is 4.68 Å². The third kappa shape index (κ3) is 3.97. The van der Waals surface area contributed by atoms with Gasteiger partial charge in [-0.1, -0.05) is 41.4 Å². The van der Waals surface area contributed by atoms with Gasteiger partial charge in [0.05, 0.1) is 25.0 Å². The Hall–Kier alpha value is -1.56. The molecule has 0 spiro atoms. The van der Waals surface area contributed by atoms with E-state index in [0.29, 0.717) is 30.4 Å². The summed E-state index contributed by atoms with van der Waals surface area (Å²) in [6, 6.07) is 7.46. The summed E-state index contributed by atoms with van der Waals surface area (Å²) in [6.45, 7) is 1.22. The number of hydrogen-bond donors (Lipinski definition) is 1. The second-order valence-electron chi connectivity index (χ2n) is 4.34. The maximum Gasteiger partial charge on any atom is 0.287 e. The van der Waals surface area contributed by atoms with Gasteiger partial charge in [-0.2, -0.15) is 5.10 Å². The first-order chi connectivity index (χ1) is 10.1. The zero-order valence-corrected chi connectivity index (χ0v) is 13.0. The van der Waals surface area contributed by atoms with Crippen molar-refractivity contribution in [3.8, 4) is 0 Å². The Kier molecular flexibility index (Phi) is 5.61. The molecule has 2 rings (SSSR count). The molecule has 1 N–H and O–H groups in total. The molecule has 7 heteroatoms. The Morgan fingerprint density at radius 1 is 1.33 bits per heavy atom. The molecule has 1 aromatic carbocycles. The first kappa shape index (κ1) is 15.8. The quantitative estimate of drug-likeness (QED) is 0.886. The summed E-state index contributed by atoms with van der Waals surface area (Å²) in [5.74, 6) is 0. The first-order valence-electron chi connectivity index (χ1n) is 6.35. The van der Waals surface area contributed by atoms with Gasteiger partial charge in [0.1, 0.15) is 5.02 Å². The lowest BCUT2D eigenvalue weighted by molar-refractivity contribution is 0.182. The summed E-state index contributed by atoms with van der Waals surface area (Å²) in [5.41, 5.74) is 1.05. The van der Waals surface area contributed by atoms with Gasteiger partial charge in [-0.05, 0) is 11.6 Å². The average Bonchev–Trinajstić information content (AvgIpc) is 2.49. The minimum Gasteiger partial charge on any atom is -0.383 e. The number of ether oxygens (including phenoxy) is 1. The lowest BCUT2D eigenvalue weighted by Crippen LogP contribution is -2.26. The molecule has 5 nitrogen and oxygen atoms in total. The van der Waals surface area contributed by atoms with Gasteiger partial charge in [0.15, 0.2) is 0 Å². The fourth-order valence-electron chi connectivity index (χ4n) is 1.76. The molecule has 0 bridgehead atoms. The van der Waals surface area contributed by atoms with Crippen LogP contribution in [0.15, 0.2) is 35.3 Å². The zero-order valence-electron chi connectivity index (χ0n) is 11.5. The van der Waals surface area contributed by atoms with Crippen LogP contribution in [0.4, 0.5) is 5.69 Å². The summed E-state index contributed by atoms with van der Waals surface area (Å²) in [5, 5.41) is 7.89. The Labute approximate surface area is 132 Å². The van der Waals surface area contributed by atoms with E-state index in [1.165, 1.54) is 10.9 Å². The predicted molar refractivity (Wildman–Crippen MR) is 84.2 cm³/mol. The number of methoxy groups -OCH3 is 1. The van der Waals surface area contributed by atoms with Gasteiger partial charge in [0.25, 0.3) is 5.56 Å². The van der Waals surface area contributed by atoms with Gasteiger partial charge >= 0.3 is 0 Å². The van der Waals surface area contributed by atoms with Crippen molar-refractivity contribution in [1.82, 2.24) is 9.78 Å². The van der Waals surface area contributed by atoms with Crippen molar-refractivity contribution < 1.29 is 4.74 Å². The lowest BCUT2D eigenvalue weighted by atomic mass is 10.2. The van der Waals surface area contributed by atoms with E-state index in [0.717, 1.165) is 5.56 Å². The van der Waals surface area contributed by atoms with Crippen LogP contribution in [0.25, 0.3) is 0 Å². The molecule has 0 unspecified atom stereocenters. The van der Waals surface area contributed by atoms with E-state index in [-0.39, 0.29) is 10.6 Å². The van der Waals surface area contributed by atoms with Gasteiger partial charge in [0.2, 0.25) is 0 Å². The smallest absolute Gasteiger partial charge is 0.287 e. The highest BCUT2D eigenvalue weighted by atomic mass is 35.5. The molecule has 112 valence electrons. The maximum absolute atomic E-state index is 12.0. The highest BCUT2D eigenvalue weighted by Gasteiger charge is 2.09. The molecule has 0 fully saturated rings. The highest BCUT2D eigenvalue weighted by Crippen LogP contribution is 2.19. The molecule has 0 saturated heterocycles. The van der Waals surface area contributed by atoms with Crippen LogP contribution < -0.4 is 10.9 Å². The highest BCUT2D eigenvalue weighted by molar-refractivity contribution is 6.33. The number of aromatic nitrogens is 2. The normalized spacial score (nSPS) is 10.6. The third-order valence-electron chi connectivity index (χ3n) is 2.92. The molecule has 0 aliphatic carbocycles. The van der Waals surface area contributed by atoms with Crippen LogP contribution in [-0.4, -0.2) is 23.5 Å². The summed E-state index contributed by atoms with van der Waals surface area (Å²) in [6.07, 6.45) is 1.52. The van der Waals surface area contributed by atoms with E-state index in [2.05, 4.69) is 10.4 Å². The van der Waals surface area contributed by atoms with Crippen molar-refractivity contribution in [2.45, 2.75) is 13.1 Å². The van der Waals surface area contributed by atoms with Crippen molar-refractivity contribution in [2.24, 2.45) is 0 Å². The van der Waals surface area contributed by atoms with Crippen molar-refractivity contribution in [3.05, 3.63) is 56.4 Å². The molecular weight excluding hydrogens is 313 g/mol. The molecule has 0 atom stereocenters. The van der Waals surface area contributed by atoms with E-state index in [1.54, 1.807) is 13.2 Å². The van der Waals surface area contributed by atoms with Crippen LogP contribution in [0.3, 0.4) is 0 Å². The van der Waals surface area contributed by atoms with Crippen molar-refractivity contribution in [3.63, 3.8) is 0 Å². The molecule has 0 aliphatic heterocycles. The lowest BCUT2D eigenvalue weighted by Gasteiger charge is -2.11. The molecular formula is C14H15Cl2N3O2. The standard InChI is InChI=1S/C14H15Cl2N3O2/c1-21-7-6-19-14(20)13(16)12(9-18-19)17-8-10-4-2-3-5-11(10)15/h2-5,9,17H,6-8H2,1H3.